The molecule has 1 unspecified atom stereocenters. The molecule has 7 nitrogen and oxygen atoms in total. The van der Waals surface area contributed by atoms with Crippen LogP contribution in [-0.2, 0) is 0 Å². The minimum absolute atomic E-state index is 0.0876. The number of rotatable bonds is 2. The van der Waals surface area contributed by atoms with Gasteiger partial charge in [0, 0.05) is 25.9 Å². The standard InChI is InChI=1S/C16H17N5O2/c1-10-12(8-17)5-6-14(18-10)16(22)21-7-3-4-13(9-21)15-19-11(2)23-20-15/h5-6,13H,3-4,7,9H2,1-2H3. The Labute approximate surface area is 133 Å². The Hall–Kier alpha value is -2.75. The summed E-state index contributed by atoms with van der Waals surface area (Å²) in [6.45, 7) is 4.73. The number of hydrogen-bond donors (Lipinski definition) is 0. The Morgan fingerprint density at radius 1 is 1.39 bits per heavy atom. The van der Waals surface area contributed by atoms with Gasteiger partial charge in [-0.3, -0.25) is 4.79 Å². The van der Waals surface area contributed by atoms with E-state index in [0.717, 1.165) is 12.8 Å². The van der Waals surface area contributed by atoms with E-state index in [9.17, 15) is 4.79 Å². The Morgan fingerprint density at radius 3 is 2.87 bits per heavy atom. The second-order valence-electron chi connectivity index (χ2n) is 5.70. The molecule has 0 bridgehead atoms. The summed E-state index contributed by atoms with van der Waals surface area (Å²) in [5, 5.41) is 12.9. The van der Waals surface area contributed by atoms with Crippen molar-refractivity contribution in [2.45, 2.75) is 32.6 Å². The maximum absolute atomic E-state index is 12.6. The van der Waals surface area contributed by atoms with Gasteiger partial charge in [-0.2, -0.15) is 10.2 Å². The zero-order valence-electron chi connectivity index (χ0n) is 13.1. The highest BCUT2D eigenvalue weighted by Crippen LogP contribution is 2.25. The van der Waals surface area contributed by atoms with Crippen molar-refractivity contribution in [2.75, 3.05) is 13.1 Å². The van der Waals surface area contributed by atoms with Crippen molar-refractivity contribution in [1.82, 2.24) is 20.0 Å². The highest BCUT2D eigenvalue weighted by Gasteiger charge is 2.28. The molecule has 2 aromatic rings. The fourth-order valence-corrected chi connectivity index (χ4v) is 2.81. The summed E-state index contributed by atoms with van der Waals surface area (Å²) in [6.07, 6.45) is 1.82. The lowest BCUT2D eigenvalue weighted by molar-refractivity contribution is 0.0697. The SMILES string of the molecule is Cc1nc(C2CCCN(C(=O)c3ccc(C#N)c(C)n3)C2)no1. The first kappa shape index (κ1) is 15.2. The molecule has 3 heterocycles. The first-order chi connectivity index (χ1) is 11.1. The van der Waals surface area contributed by atoms with Gasteiger partial charge in [0.05, 0.1) is 11.3 Å². The molecule has 23 heavy (non-hydrogen) atoms. The smallest absolute Gasteiger partial charge is 0.272 e. The van der Waals surface area contributed by atoms with E-state index >= 15 is 0 Å². The van der Waals surface area contributed by atoms with E-state index in [1.54, 1.807) is 30.9 Å². The first-order valence-electron chi connectivity index (χ1n) is 7.55. The molecule has 7 heteroatoms. The number of pyridine rings is 1. The lowest BCUT2D eigenvalue weighted by atomic mass is 9.97. The maximum Gasteiger partial charge on any atom is 0.272 e. The Kier molecular flexibility index (Phi) is 4.06. The van der Waals surface area contributed by atoms with Gasteiger partial charge in [0.2, 0.25) is 5.89 Å². The minimum Gasteiger partial charge on any atom is -0.340 e. The number of amides is 1. The van der Waals surface area contributed by atoms with Crippen LogP contribution in [0, 0.1) is 25.2 Å². The van der Waals surface area contributed by atoms with Crippen molar-refractivity contribution >= 4 is 5.91 Å². The van der Waals surface area contributed by atoms with Gasteiger partial charge in [-0.1, -0.05) is 5.16 Å². The van der Waals surface area contributed by atoms with Gasteiger partial charge < -0.3 is 9.42 Å². The molecule has 0 aliphatic carbocycles. The van der Waals surface area contributed by atoms with Gasteiger partial charge in [-0.25, -0.2) is 4.98 Å². The van der Waals surface area contributed by atoms with Gasteiger partial charge in [-0.15, -0.1) is 0 Å². The third-order valence-corrected chi connectivity index (χ3v) is 4.04. The normalized spacial score (nSPS) is 17.8. The largest absolute Gasteiger partial charge is 0.340 e. The topological polar surface area (TPSA) is 95.9 Å². The van der Waals surface area contributed by atoms with Gasteiger partial charge in [0.1, 0.15) is 11.8 Å². The molecule has 1 amide bonds. The van der Waals surface area contributed by atoms with Crippen molar-refractivity contribution in [3.05, 3.63) is 40.8 Å². The van der Waals surface area contributed by atoms with E-state index in [-0.39, 0.29) is 11.8 Å². The zero-order valence-corrected chi connectivity index (χ0v) is 13.1. The number of nitriles is 1. The Balaban J connectivity index is 1.77. The summed E-state index contributed by atoms with van der Waals surface area (Å²) in [5.41, 5.74) is 1.42. The summed E-state index contributed by atoms with van der Waals surface area (Å²) in [6, 6.07) is 5.30. The molecule has 2 aromatic heterocycles. The van der Waals surface area contributed by atoms with Crippen molar-refractivity contribution in [2.24, 2.45) is 0 Å². The number of piperidine rings is 1. The molecule has 1 fully saturated rings. The molecule has 1 atom stereocenters. The summed E-state index contributed by atoms with van der Waals surface area (Å²) >= 11 is 0. The molecule has 0 saturated carbocycles. The van der Waals surface area contributed by atoms with E-state index in [2.05, 4.69) is 21.2 Å². The molecule has 0 spiro atoms. The monoisotopic (exact) mass is 311 g/mol. The van der Waals surface area contributed by atoms with Gasteiger partial charge in [0.25, 0.3) is 5.91 Å². The van der Waals surface area contributed by atoms with Crippen molar-refractivity contribution in [3.63, 3.8) is 0 Å². The predicted octanol–water partition coefficient (Wildman–Crippen LogP) is 1.97. The summed E-state index contributed by atoms with van der Waals surface area (Å²) in [5.74, 6) is 1.16. The maximum atomic E-state index is 12.6. The lowest BCUT2D eigenvalue weighted by Gasteiger charge is -2.31. The van der Waals surface area contributed by atoms with Crippen LogP contribution in [0.4, 0.5) is 0 Å². The van der Waals surface area contributed by atoms with Crippen molar-refractivity contribution in [3.8, 4) is 6.07 Å². The summed E-state index contributed by atoms with van der Waals surface area (Å²) in [4.78, 5) is 22.9. The molecule has 1 aliphatic rings. The zero-order chi connectivity index (χ0) is 16.4. The van der Waals surface area contributed by atoms with Crippen LogP contribution in [0.5, 0.6) is 0 Å². The second kappa shape index (κ2) is 6.16. The highest BCUT2D eigenvalue weighted by molar-refractivity contribution is 5.92. The van der Waals surface area contributed by atoms with Crippen LogP contribution >= 0.6 is 0 Å². The van der Waals surface area contributed by atoms with E-state index in [4.69, 9.17) is 9.78 Å². The number of likely N-dealkylation sites (tertiary alicyclic amines) is 1. The molecule has 118 valence electrons. The van der Waals surface area contributed by atoms with E-state index in [1.165, 1.54) is 0 Å². The van der Waals surface area contributed by atoms with E-state index < -0.39 is 0 Å². The quantitative estimate of drug-likeness (QED) is 0.841. The number of hydrogen-bond acceptors (Lipinski definition) is 6. The number of carbonyl (C=O) groups is 1. The molecular formula is C16H17N5O2. The number of nitrogens with zero attached hydrogens (tertiary/aromatic N) is 5. The minimum atomic E-state index is -0.123. The fraction of sp³-hybridized carbons (Fsp3) is 0.438. The Bertz CT molecular complexity index is 777. The van der Waals surface area contributed by atoms with E-state index in [0.29, 0.717) is 41.8 Å². The van der Waals surface area contributed by atoms with Crippen LogP contribution in [0.25, 0.3) is 0 Å². The van der Waals surface area contributed by atoms with Crippen LogP contribution in [0.15, 0.2) is 16.7 Å². The van der Waals surface area contributed by atoms with Crippen LogP contribution in [-0.4, -0.2) is 39.0 Å². The van der Waals surface area contributed by atoms with Crippen molar-refractivity contribution in [1.29, 1.82) is 5.26 Å². The average Bonchev–Trinajstić information content (AvgIpc) is 3.01. The number of aryl methyl sites for hydroxylation is 2. The predicted molar refractivity (Wildman–Crippen MR) is 80.6 cm³/mol. The van der Waals surface area contributed by atoms with Crippen LogP contribution in [0.3, 0.4) is 0 Å². The summed E-state index contributed by atoms with van der Waals surface area (Å²) in [7, 11) is 0. The molecule has 0 N–H and O–H groups in total. The van der Waals surface area contributed by atoms with Gasteiger partial charge >= 0.3 is 0 Å². The third-order valence-electron chi connectivity index (χ3n) is 4.04. The molecule has 0 aromatic carbocycles. The molecule has 3 rings (SSSR count). The first-order valence-corrected chi connectivity index (χ1v) is 7.55. The number of carbonyl (C=O) groups excluding carboxylic acids is 1. The number of aromatic nitrogens is 3. The average molecular weight is 311 g/mol. The fourth-order valence-electron chi connectivity index (χ4n) is 2.81. The van der Waals surface area contributed by atoms with Crippen molar-refractivity contribution < 1.29 is 9.32 Å². The molecule has 1 saturated heterocycles. The summed E-state index contributed by atoms with van der Waals surface area (Å²) < 4.78 is 5.03. The molecule has 0 radical (unpaired) electrons. The van der Waals surface area contributed by atoms with Crippen LogP contribution in [0.1, 0.15) is 52.2 Å². The van der Waals surface area contributed by atoms with Gasteiger partial charge in [-0.05, 0) is 31.9 Å². The van der Waals surface area contributed by atoms with Crippen LogP contribution in [0.2, 0.25) is 0 Å². The molecular weight excluding hydrogens is 294 g/mol. The second-order valence-corrected chi connectivity index (χ2v) is 5.70. The highest BCUT2D eigenvalue weighted by atomic mass is 16.5. The van der Waals surface area contributed by atoms with E-state index in [1.807, 2.05) is 0 Å². The molecule has 1 aliphatic heterocycles. The third kappa shape index (κ3) is 3.06. The Morgan fingerprint density at radius 2 is 2.22 bits per heavy atom. The van der Waals surface area contributed by atoms with Gasteiger partial charge in [0.15, 0.2) is 5.82 Å². The van der Waals surface area contributed by atoms with Crippen LogP contribution < -0.4 is 0 Å². The lowest BCUT2D eigenvalue weighted by Crippen LogP contribution is -2.39.